The molecule has 4 nitrogen and oxygen atoms in total. The van der Waals surface area contributed by atoms with Gasteiger partial charge in [0.1, 0.15) is 23.8 Å². The highest BCUT2D eigenvalue weighted by Crippen LogP contribution is 2.42. The summed E-state index contributed by atoms with van der Waals surface area (Å²) in [6, 6.07) is 16.2. The van der Waals surface area contributed by atoms with E-state index in [1.54, 1.807) is 0 Å². The van der Waals surface area contributed by atoms with Gasteiger partial charge in [-0.15, -0.1) is 0 Å². The van der Waals surface area contributed by atoms with Crippen molar-refractivity contribution in [3.63, 3.8) is 0 Å². The summed E-state index contributed by atoms with van der Waals surface area (Å²) in [5.74, 6) is -0.206. The van der Waals surface area contributed by atoms with Crippen LogP contribution >= 0.6 is 0 Å². The fourth-order valence-corrected chi connectivity index (χ4v) is 3.01. The molecule has 4 heteroatoms. The third-order valence-corrected chi connectivity index (χ3v) is 5.61. The van der Waals surface area contributed by atoms with Crippen LogP contribution in [-0.2, 0) is 30.3 Å². The molecule has 0 aliphatic carbocycles. The van der Waals surface area contributed by atoms with E-state index in [1.165, 1.54) is 11.1 Å². The number of rotatable bonds is 6. The molecule has 2 heterocycles. The Labute approximate surface area is 166 Å². The molecule has 4 unspecified atom stereocenters. The SMILES string of the molecule is CC(C=O)c1cccc(C(C)C=O)c1.CC1(c2cccc(C3(C)CO3)c2)CO1. The first-order chi connectivity index (χ1) is 13.3. The fourth-order valence-electron chi connectivity index (χ4n) is 3.01. The molecule has 2 aromatic carbocycles. The van der Waals surface area contributed by atoms with Crippen LogP contribution in [0.3, 0.4) is 0 Å². The van der Waals surface area contributed by atoms with Crippen molar-refractivity contribution in [1.29, 1.82) is 0 Å². The van der Waals surface area contributed by atoms with E-state index in [2.05, 4.69) is 38.1 Å². The van der Waals surface area contributed by atoms with Gasteiger partial charge in [-0.05, 0) is 42.2 Å². The van der Waals surface area contributed by atoms with Crippen molar-refractivity contribution in [1.82, 2.24) is 0 Å². The Hall–Kier alpha value is -2.30. The predicted molar refractivity (Wildman–Crippen MR) is 108 cm³/mol. The zero-order chi connectivity index (χ0) is 20.4. The van der Waals surface area contributed by atoms with Crippen molar-refractivity contribution >= 4 is 12.6 Å². The number of carbonyl (C=O) groups is 2. The molecular weight excluding hydrogens is 352 g/mol. The minimum atomic E-state index is -0.103. The van der Waals surface area contributed by atoms with E-state index in [9.17, 15) is 9.59 Å². The molecular formula is C24H28O4. The number of hydrogen-bond donors (Lipinski definition) is 0. The summed E-state index contributed by atoms with van der Waals surface area (Å²) < 4.78 is 10.9. The lowest BCUT2D eigenvalue weighted by atomic mass is 9.95. The normalized spacial score (nSPS) is 27.0. The number of epoxide rings is 2. The van der Waals surface area contributed by atoms with Crippen LogP contribution in [0.15, 0.2) is 48.5 Å². The van der Waals surface area contributed by atoms with Crippen LogP contribution in [-0.4, -0.2) is 25.8 Å². The molecule has 2 aromatic rings. The highest BCUT2D eigenvalue weighted by Gasteiger charge is 2.44. The maximum absolute atomic E-state index is 10.6. The molecule has 2 aliphatic rings. The topological polar surface area (TPSA) is 59.2 Å². The lowest BCUT2D eigenvalue weighted by molar-refractivity contribution is -0.109. The molecule has 2 saturated heterocycles. The average molecular weight is 380 g/mol. The first kappa shape index (κ1) is 20.4. The number of aldehydes is 2. The van der Waals surface area contributed by atoms with Gasteiger partial charge in [0.2, 0.25) is 0 Å². The first-order valence-electron chi connectivity index (χ1n) is 9.71. The van der Waals surface area contributed by atoms with Gasteiger partial charge >= 0.3 is 0 Å². The van der Waals surface area contributed by atoms with Crippen molar-refractivity contribution in [2.45, 2.75) is 50.7 Å². The lowest BCUT2D eigenvalue weighted by Crippen LogP contribution is -2.07. The van der Waals surface area contributed by atoms with Gasteiger partial charge in [-0.3, -0.25) is 0 Å². The van der Waals surface area contributed by atoms with Crippen LogP contribution in [0.5, 0.6) is 0 Å². The summed E-state index contributed by atoms with van der Waals surface area (Å²) in [4.78, 5) is 21.2. The van der Waals surface area contributed by atoms with Crippen molar-refractivity contribution < 1.29 is 19.1 Å². The molecule has 28 heavy (non-hydrogen) atoms. The Kier molecular flexibility index (Phi) is 5.82. The summed E-state index contributed by atoms with van der Waals surface area (Å²) in [7, 11) is 0. The largest absolute Gasteiger partial charge is 0.365 e. The molecule has 0 bridgehead atoms. The zero-order valence-electron chi connectivity index (χ0n) is 17.0. The van der Waals surface area contributed by atoms with E-state index < -0.39 is 0 Å². The van der Waals surface area contributed by atoms with Gasteiger partial charge in [-0.2, -0.15) is 0 Å². The second-order valence-corrected chi connectivity index (χ2v) is 8.14. The van der Waals surface area contributed by atoms with E-state index in [-0.39, 0.29) is 23.0 Å². The summed E-state index contributed by atoms with van der Waals surface area (Å²) in [6.07, 6.45) is 1.81. The Balaban J connectivity index is 0.000000161. The van der Waals surface area contributed by atoms with Crippen molar-refractivity contribution in [3.8, 4) is 0 Å². The minimum absolute atomic E-state index is 0.0265. The zero-order valence-corrected chi connectivity index (χ0v) is 17.0. The Morgan fingerprint density at radius 2 is 1.18 bits per heavy atom. The molecule has 0 N–H and O–H groups in total. The molecule has 4 atom stereocenters. The molecule has 4 rings (SSSR count). The van der Waals surface area contributed by atoms with E-state index in [1.807, 2.05) is 38.1 Å². The summed E-state index contributed by atoms with van der Waals surface area (Å²) in [5.41, 5.74) is 4.42. The second kappa shape index (κ2) is 7.98. The van der Waals surface area contributed by atoms with Crippen LogP contribution in [0.4, 0.5) is 0 Å². The molecule has 2 aliphatic heterocycles. The van der Waals surface area contributed by atoms with Crippen LogP contribution in [0.2, 0.25) is 0 Å². The maximum atomic E-state index is 10.6. The predicted octanol–water partition coefficient (Wildman–Crippen LogP) is 4.47. The fraction of sp³-hybridized carbons (Fsp3) is 0.417. The Bertz CT molecular complexity index is 787. The van der Waals surface area contributed by atoms with Gasteiger partial charge in [0.15, 0.2) is 0 Å². The van der Waals surface area contributed by atoms with E-state index in [0.29, 0.717) is 0 Å². The molecule has 148 valence electrons. The average Bonchev–Trinajstić information content (AvgIpc) is 3.66. The van der Waals surface area contributed by atoms with Crippen molar-refractivity contribution in [3.05, 3.63) is 70.8 Å². The molecule has 0 amide bonds. The maximum Gasteiger partial charge on any atom is 0.127 e. The van der Waals surface area contributed by atoms with E-state index >= 15 is 0 Å². The standard InChI is InChI=1S/2C12H14O2/c1-11(7-13-11)9-4-3-5-10(6-9)12(2)8-14-12;1-9(7-13)11-4-3-5-12(6-11)10(2)8-14/h3-6H,7-8H2,1-2H3;3-10H,1-2H3. The molecule has 0 spiro atoms. The quantitative estimate of drug-likeness (QED) is 0.548. The Morgan fingerprint density at radius 1 is 0.786 bits per heavy atom. The molecule has 0 radical (unpaired) electrons. The number of benzene rings is 2. The molecule has 0 aromatic heterocycles. The van der Waals surface area contributed by atoms with Crippen LogP contribution in [0.25, 0.3) is 0 Å². The number of ether oxygens (including phenoxy) is 2. The third kappa shape index (κ3) is 4.57. The smallest absolute Gasteiger partial charge is 0.127 e. The number of hydrogen-bond acceptors (Lipinski definition) is 4. The van der Waals surface area contributed by atoms with Gasteiger partial charge < -0.3 is 19.1 Å². The van der Waals surface area contributed by atoms with Crippen molar-refractivity contribution in [2.24, 2.45) is 0 Å². The first-order valence-corrected chi connectivity index (χ1v) is 9.71. The van der Waals surface area contributed by atoms with Gasteiger partial charge in [0.05, 0.1) is 13.2 Å². The van der Waals surface area contributed by atoms with Crippen LogP contribution < -0.4 is 0 Å². The third-order valence-electron chi connectivity index (χ3n) is 5.61. The monoisotopic (exact) mass is 380 g/mol. The lowest BCUT2D eigenvalue weighted by Gasteiger charge is -2.10. The minimum Gasteiger partial charge on any atom is -0.365 e. The highest BCUT2D eigenvalue weighted by molar-refractivity contribution is 5.64. The summed E-state index contributed by atoms with van der Waals surface area (Å²) >= 11 is 0. The summed E-state index contributed by atoms with van der Waals surface area (Å²) in [6.45, 7) is 9.63. The second-order valence-electron chi connectivity index (χ2n) is 8.14. The molecule has 0 saturated carbocycles. The number of carbonyl (C=O) groups excluding carboxylic acids is 2. The van der Waals surface area contributed by atoms with Crippen LogP contribution in [0.1, 0.15) is 61.8 Å². The van der Waals surface area contributed by atoms with Gasteiger partial charge in [0.25, 0.3) is 0 Å². The van der Waals surface area contributed by atoms with E-state index in [0.717, 1.165) is 36.9 Å². The van der Waals surface area contributed by atoms with E-state index in [4.69, 9.17) is 9.47 Å². The van der Waals surface area contributed by atoms with Crippen LogP contribution in [0, 0.1) is 0 Å². The summed E-state index contributed by atoms with van der Waals surface area (Å²) in [5, 5.41) is 0. The highest BCUT2D eigenvalue weighted by atomic mass is 16.6. The van der Waals surface area contributed by atoms with Gasteiger partial charge in [-0.25, -0.2) is 0 Å². The van der Waals surface area contributed by atoms with Gasteiger partial charge in [0, 0.05) is 11.8 Å². The van der Waals surface area contributed by atoms with Gasteiger partial charge in [-0.1, -0.05) is 56.3 Å². The van der Waals surface area contributed by atoms with Crippen molar-refractivity contribution in [2.75, 3.05) is 13.2 Å². The Morgan fingerprint density at radius 3 is 1.54 bits per heavy atom. The molecule has 2 fully saturated rings.